The van der Waals surface area contributed by atoms with Gasteiger partial charge in [-0.3, -0.25) is 4.79 Å². The van der Waals surface area contributed by atoms with E-state index in [4.69, 9.17) is 0 Å². The van der Waals surface area contributed by atoms with Gasteiger partial charge >= 0.3 is 0 Å². The molecular weight excluding hydrogens is 218 g/mol. The molecule has 3 heteroatoms. The van der Waals surface area contributed by atoms with Crippen LogP contribution in [-0.2, 0) is 6.54 Å². The van der Waals surface area contributed by atoms with Gasteiger partial charge in [0.15, 0.2) is 6.29 Å². The first kappa shape index (κ1) is 11.0. The topological polar surface area (TPSA) is 22.0 Å². The number of aldehydes is 1. The number of aromatic nitrogens is 1. The third kappa shape index (κ3) is 2.76. The number of nitrogens with zero attached hydrogens (tertiary/aromatic N) is 1. The summed E-state index contributed by atoms with van der Waals surface area (Å²) in [5.41, 5.74) is 0.744. The first-order valence-corrected chi connectivity index (χ1v) is 6.17. The van der Waals surface area contributed by atoms with E-state index in [0.717, 1.165) is 24.3 Å². The van der Waals surface area contributed by atoms with Crippen LogP contribution in [0.25, 0.3) is 0 Å². The quantitative estimate of drug-likeness (QED) is 0.582. The van der Waals surface area contributed by atoms with Crippen molar-refractivity contribution in [1.82, 2.24) is 4.57 Å². The molecule has 16 heavy (non-hydrogen) atoms. The minimum absolute atomic E-state index is 0.744. The summed E-state index contributed by atoms with van der Waals surface area (Å²) >= 11 is 1.80. The van der Waals surface area contributed by atoms with Gasteiger partial charge in [-0.05, 0) is 24.3 Å². The lowest BCUT2D eigenvalue weighted by molar-refractivity contribution is 0.111. The van der Waals surface area contributed by atoms with Gasteiger partial charge in [0.1, 0.15) is 0 Å². The third-order valence-electron chi connectivity index (χ3n) is 2.33. The van der Waals surface area contributed by atoms with E-state index in [9.17, 15) is 4.79 Å². The Bertz CT molecular complexity index is 450. The highest BCUT2D eigenvalue weighted by Gasteiger charge is 1.99. The highest BCUT2D eigenvalue weighted by atomic mass is 32.2. The molecule has 2 rings (SSSR count). The van der Waals surface area contributed by atoms with Gasteiger partial charge < -0.3 is 4.57 Å². The molecule has 0 N–H and O–H groups in total. The Kier molecular flexibility index (Phi) is 3.83. The van der Waals surface area contributed by atoms with Gasteiger partial charge in [-0.1, -0.05) is 18.2 Å². The Morgan fingerprint density at radius 1 is 1.12 bits per heavy atom. The Morgan fingerprint density at radius 3 is 2.69 bits per heavy atom. The Balaban J connectivity index is 1.87. The molecule has 0 unspecified atom stereocenters. The largest absolute Gasteiger partial charge is 0.345 e. The fourth-order valence-corrected chi connectivity index (χ4v) is 2.39. The van der Waals surface area contributed by atoms with Crippen molar-refractivity contribution in [3.63, 3.8) is 0 Å². The fraction of sp³-hybridized carbons (Fsp3) is 0.154. The van der Waals surface area contributed by atoms with Crippen LogP contribution in [0.5, 0.6) is 0 Å². The molecule has 0 bridgehead atoms. The predicted molar refractivity (Wildman–Crippen MR) is 67.0 cm³/mol. The van der Waals surface area contributed by atoms with Gasteiger partial charge in [-0.2, -0.15) is 0 Å². The number of benzene rings is 1. The van der Waals surface area contributed by atoms with Crippen molar-refractivity contribution in [2.24, 2.45) is 0 Å². The summed E-state index contributed by atoms with van der Waals surface area (Å²) in [6, 6.07) is 14.0. The van der Waals surface area contributed by atoms with Crippen LogP contribution in [0.15, 0.2) is 53.6 Å². The van der Waals surface area contributed by atoms with Crippen LogP contribution in [-0.4, -0.2) is 16.6 Å². The molecule has 0 amide bonds. The van der Waals surface area contributed by atoms with E-state index in [-0.39, 0.29) is 0 Å². The molecule has 0 aliphatic heterocycles. The number of rotatable bonds is 5. The number of carbonyl (C=O) groups is 1. The van der Waals surface area contributed by atoms with E-state index in [1.54, 1.807) is 11.8 Å². The number of carbonyl (C=O) groups excluding carboxylic acids is 1. The van der Waals surface area contributed by atoms with Gasteiger partial charge in [0.05, 0.1) is 5.69 Å². The zero-order chi connectivity index (χ0) is 11.2. The van der Waals surface area contributed by atoms with Crippen LogP contribution >= 0.6 is 11.8 Å². The first-order valence-electron chi connectivity index (χ1n) is 5.18. The summed E-state index contributed by atoms with van der Waals surface area (Å²) in [6.07, 6.45) is 2.84. The van der Waals surface area contributed by atoms with Crippen molar-refractivity contribution >= 4 is 18.0 Å². The van der Waals surface area contributed by atoms with Crippen molar-refractivity contribution < 1.29 is 4.79 Å². The van der Waals surface area contributed by atoms with Crippen LogP contribution < -0.4 is 0 Å². The molecule has 0 fully saturated rings. The smallest absolute Gasteiger partial charge is 0.166 e. The molecular formula is C13H13NOS. The lowest BCUT2D eigenvalue weighted by Crippen LogP contribution is -2.02. The normalized spacial score (nSPS) is 10.2. The molecule has 0 aliphatic carbocycles. The molecule has 1 heterocycles. The Morgan fingerprint density at radius 2 is 1.94 bits per heavy atom. The SMILES string of the molecule is O=Cc1cccn1CCSc1ccccc1. The summed E-state index contributed by atoms with van der Waals surface area (Å²) in [5.74, 6) is 0.972. The van der Waals surface area contributed by atoms with E-state index < -0.39 is 0 Å². The van der Waals surface area contributed by atoms with Gasteiger partial charge in [-0.15, -0.1) is 11.8 Å². The maximum atomic E-state index is 10.7. The van der Waals surface area contributed by atoms with Crippen molar-refractivity contribution in [2.75, 3.05) is 5.75 Å². The molecule has 82 valence electrons. The van der Waals surface area contributed by atoms with E-state index in [1.807, 2.05) is 41.1 Å². The third-order valence-corrected chi connectivity index (χ3v) is 3.32. The monoisotopic (exact) mass is 231 g/mol. The molecule has 1 aromatic carbocycles. The average molecular weight is 231 g/mol. The van der Waals surface area contributed by atoms with Crippen molar-refractivity contribution in [2.45, 2.75) is 11.4 Å². The van der Waals surface area contributed by atoms with Gasteiger partial charge in [0.25, 0.3) is 0 Å². The Hall–Kier alpha value is -1.48. The molecule has 0 aliphatic rings. The van der Waals surface area contributed by atoms with Gasteiger partial charge in [0.2, 0.25) is 0 Å². The molecule has 2 aromatic rings. The van der Waals surface area contributed by atoms with E-state index in [1.165, 1.54) is 4.90 Å². The second-order valence-electron chi connectivity index (χ2n) is 3.41. The lowest BCUT2D eigenvalue weighted by atomic mass is 10.4. The molecule has 1 aromatic heterocycles. The zero-order valence-electron chi connectivity index (χ0n) is 8.87. The van der Waals surface area contributed by atoms with Crippen LogP contribution in [0.2, 0.25) is 0 Å². The van der Waals surface area contributed by atoms with Crippen LogP contribution in [0.3, 0.4) is 0 Å². The Labute approximate surface area is 99.3 Å². The van der Waals surface area contributed by atoms with Crippen LogP contribution in [0, 0.1) is 0 Å². The average Bonchev–Trinajstić information content (AvgIpc) is 2.78. The molecule has 0 radical (unpaired) electrons. The van der Waals surface area contributed by atoms with Crippen molar-refractivity contribution in [3.05, 3.63) is 54.4 Å². The molecule has 0 saturated carbocycles. The highest BCUT2D eigenvalue weighted by molar-refractivity contribution is 7.99. The van der Waals surface area contributed by atoms with E-state index in [0.29, 0.717) is 0 Å². The lowest BCUT2D eigenvalue weighted by Gasteiger charge is -2.05. The summed E-state index contributed by atoms with van der Waals surface area (Å²) < 4.78 is 1.98. The van der Waals surface area contributed by atoms with E-state index >= 15 is 0 Å². The zero-order valence-corrected chi connectivity index (χ0v) is 9.69. The number of thioether (sulfide) groups is 1. The summed E-state index contributed by atoms with van der Waals surface area (Å²) in [4.78, 5) is 12.0. The van der Waals surface area contributed by atoms with Gasteiger partial charge in [-0.25, -0.2) is 0 Å². The fourth-order valence-electron chi connectivity index (χ4n) is 1.52. The van der Waals surface area contributed by atoms with Gasteiger partial charge in [0, 0.05) is 23.4 Å². The number of aryl methyl sites for hydroxylation is 1. The molecule has 0 saturated heterocycles. The summed E-state index contributed by atoms with van der Waals surface area (Å²) in [7, 11) is 0. The minimum atomic E-state index is 0.744. The van der Waals surface area contributed by atoms with Crippen molar-refractivity contribution in [3.8, 4) is 0 Å². The van der Waals surface area contributed by atoms with Crippen LogP contribution in [0.4, 0.5) is 0 Å². The predicted octanol–water partition coefficient (Wildman–Crippen LogP) is 3.09. The maximum absolute atomic E-state index is 10.7. The molecule has 0 spiro atoms. The summed E-state index contributed by atoms with van der Waals surface area (Å²) in [5, 5.41) is 0. The number of hydrogen-bond acceptors (Lipinski definition) is 2. The first-order chi connectivity index (χ1) is 7.90. The maximum Gasteiger partial charge on any atom is 0.166 e. The molecule has 0 atom stereocenters. The second kappa shape index (κ2) is 5.56. The molecule has 2 nitrogen and oxygen atoms in total. The number of hydrogen-bond donors (Lipinski definition) is 0. The second-order valence-corrected chi connectivity index (χ2v) is 4.57. The highest BCUT2D eigenvalue weighted by Crippen LogP contribution is 2.17. The minimum Gasteiger partial charge on any atom is -0.345 e. The standard InChI is InChI=1S/C13H13NOS/c15-11-12-5-4-8-14(12)9-10-16-13-6-2-1-3-7-13/h1-8,11H,9-10H2. The van der Waals surface area contributed by atoms with E-state index in [2.05, 4.69) is 12.1 Å². The summed E-state index contributed by atoms with van der Waals surface area (Å²) in [6.45, 7) is 0.862. The van der Waals surface area contributed by atoms with Crippen molar-refractivity contribution in [1.29, 1.82) is 0 Å². The van der Waals surface area contributed by atoms with Crippen LogP contribution in [0.1, 0.15) is 10.5 Å².